The Kier molecular flexibility index (Phi) is 21.1. The van der Waals surface area contributed by atoms with Gasteiger partial charge in [0.1, 0.15) is 7.36 Å². The van der Waals surface area contributed by atoms with Crippen molar-refractivity contribution in [3.8, 4) is 0 Å². The zero-order chi connectivity index (χ0) is 45.8. The zero-order valence-electron chi connectivity index (χ0n) is 42.8. The molecule has 0 radical (unpaired) electrons. The molecule has 0 spiro atoms. The molecule has 16 nitrogen and oxygen atoms in total. The maximum Gasteiger partial charge on any atom is 0.306 e. The minimum Gasteiger partial charge on any atom is -0.268 e. The van der Waals surface area contributed by atoms with Crippen LogP contribution in [0.4, 0.5) is 0 Å². The molecule has 3 unspecified atom stereocenters. The molecule has 1 aliphatic heterocycles. The highest BCUT2D eigenvalue weighted by atomic mass is 31.3. The van der Waals surface area contributed by atoms with Gasteiger partial charge in [0.25, 0.3) is 0 Å². The van der Waals surface area contributed by atoms with Crippen LogP contribution in [0, 0.1) is 5.92 Å². The molecule has 0 aromatic heterocycles. The fourth-order valence-electron chi connectivity index (χ4n) is 9.27. The summed E-state index contributed by atoms with van der Waals surface area (Å²) in [5, 5.41) is 0. The highest BCUT2D eigenvalue weighted by molar-refractivity contribution is 7.80. The van der Waals surface area contributed by atoms with Crippen LogP contribution in [0.2, 0.25) is 0 Å². The Morgan fingerprint density at radius 3 is 1.16 bits per heavy atom. The smallest absolute Gasteiger partial charge is 0.268 e. The molecule has 1 heterocycles. The molecule has 0 amide bonds. The van der Waals surface area contributed by atoms with Gasteiger partial charge in [0.2, 0.25) is 0 Å². The SMILES string of the molecule is CCCN(CC)P1(=NC(C)(C)C)C(C)CC(CC(C)(C)N=P(N=P(N(C)C)(N(C)C)N(C)C)(N=P(N(C)C)(N(C)C)N(C)C)N=P(N(C)C)(N(C)C)N(C)C)CN1C. The van der Waals surface area contributed by atoms with Gasteiger partial charge >= 0.3 is 7.51 Å². The summed E-state index contributed by atoms with van der Waals surface area (Å²) >= 11 is 0. The second-order valence-corrected chi connectivity index (χ2v) is 36.8. The van der Waals surface area contributed by atoms with E-state index in [2.05, 4.69) is 241 Å². The molecule has 1 rings (SSSR count). The Labute approximate surface area is 361 Å². The molecule has 21 heteroatoms. The normalized spacial score (nSPS) is 21.3. The fourth-order valence-corrected chi connectivity index (χ4v) is 33.0. The number of hydrogen-bond acceptors (Lipinski definition) is 2. The molecule has 0 saturated carbocycles. The standard InChI is InChI=1S/C37H95N16P5/c1-28-30-53(29-2)54(38-36(4,5)6)34(3)31-35(33-52(54)27)32-37(7,8)39-55(40-56(43(9)10,44(11)12)45(13)14,41-57(46(15)16,47(17)18)48(19)20)42-58(49(21)22,50(23)24)51(25)26/h34-35H,28-33H2,1-27H3. The molecule has 1 fully saturated rings. The summed E-state index contributed by atoms with van der Waals surface area (Å²) in [6.07, 6.45) is 3.12. The second-order valence-electron chi connectivity index (χ2n) is 19.4. The van der Waals surface area contributed by atoms with E-state index in [-0.39, 0.29) is 5.54 Å². The molecule has 0 N–H and O–H groups in total. The van der Waals surface area contributed by atoms with Gasteiger partial charge in [0, 0.05) is 25.3 Å². The van der Waals surface area contributed by atoms with Gasteiger partial charge in [-0.15, -0.1) is 0 Å². The lowest BCUT2D eigenvalue weighted by atomic mass is 9.88. The van der Waals surface area contributed by atoms with Crippen LogP contribution in [-0.2, 0) is 0 Å². The van der Waals surface area contributed by atoms with Crippen molar-refractivity contribution in [2.75, 3.05) is 154 Å². The van der Waals surface area contributed by atoms with Crippen molar-refractivity contribution < 1.29 is 0 Å². The van der Waals surface area contributed by atoms with Crippen LogP contribution in [-0.4, -0.2) is 222 Å². The van der Waals surface area contributed by atoms with Gasteiger partial charge in [-0.25, -0.2) is 4.74 Å². The topological polar surface area (TPSA) is 97.4 Å². The van der Waals surface area contributed by atoms with Crippen molar-refractivity contribution in [3.05, 3.63) is 0 Å². The monoisotopic (exact) mass is 919 g/mol. The molecule has 1 saturated heterocycles. The Hall–Kier alpha value is 0.710. The number of hydrogen-bond donors (Lipinski definition) is 0. The lowest BCUT2D eigenvalue weighted by Gasteiger charge is -2.52. The largest absolute Gasteiger partial charge is 0.306 e. The van der Waals surface area contributed by atoms with Crippen LogP contribution in [0.25, 0.3) is 0 Å². The minimum atomic E-state index is -3.41. The summed E-state index contributed by atoms with van der Waals surface area (Å²) in [4.78, 5) is 0. The number of rotatable bonds is 19. The number of nitrogens with zero attached hydrogens (tertiary/aromatic N) is 16. The van der Waals surface area contributed by atoms with Gasteiger partial charge in [0.15, 0.2) is 22.5 Å². The Bertz CT molecular complexity index is 1390. The third-order valence-electron chi connectivity index (χ3n) is 10.7. The van der Waals surface area contributed by atoms with Gasteiger partial charge in [-0.05, 0) is 194 Å². The highest BCUT2D eigenvalue weighted by Gasteiger charge is 2.46. The van der Waals surface area contributed by atoms with Gasteiger partial charge in [0.05, 0.1) is 11.1 Å². The molecule has 3 atom stereocenters. The third kappa shape index (κ3) is 12.1. The fraction of sp³-hybridized carbons (Fsp3) is 1.00. The van der Waals surface area contributed by atoms with Crippen molar-refractivity contribution in [2.24, 2.45) is 29.0 Å². The Morgan fingerprint density at radius 2 is 0.914 bits per heavy atom. The molecule has 1 aliphatic rings. The average Bonchev–Trinajstić information content (AvgIpc) is 3.03. The first kappa shape index (κ1) is 56.7. The van der Waals surface area contributed by atoms with Crippen LogP contribution in [0.3, 0.4) is 0 Å². The molecule has 0 aromatic carbocycles. The predicted molar refractivity (Wildman–Crippen MR) is 266 cm³/mol. The van der Waals surface area contributed by atoms with E-state index in [1.165, 1.54) is 0 Å². The first-order chi connectivity index (χ1) is 26.2. The maximum absolute atomic E-state index is 6.20. The van der Waals surface area contributed by atoms with Crippen molar-refractivity contribution in [1.82, 2.24) is 51.4 Å². The Morgan fingerprint density at radius 1 is 0.586 bits per heavy atom. The summed E-state index contributed by atoms with van der Waals surface area (Å²) in [5.41, 5.74) is -0.225. The van der Waals surface area contributed by atoms with Crippen molar-refractivity contribution >= 4 is 37.4 Å². The van der Waals surface area contributed by atoms with E-state index in [4.69, 9.17) is 23.0 Å². The van der Waals surface area contributed by atoms with E-state index in [0.29, 0.717) is 11.6 Å². The zero-order valence-corrected chi connectivity index (χ0v) is 47.3. The van der Waals surface area contributed by atoms with E-state index >= 15 is 0 Å². The van der Waals surface area contributed by atoms with Crippen LogP contribution >= 0.6 is 37.4 Å². The van der Waals surface area contributed by atoms with Gasteiger partial charge in [-0.3, -0.25) is 56.1 Å². The summed E-state index contributed by atoms with van der Waals surface area (Å²) in [5.74, 6) is 0.410. The first-order valence-corrected chi connectivity index (χ1v) is 29.0. The first-order valence-electron chi connectivity index (χ1n) is 20.9. The van der Waals surface area contributed by atoms with Gasteiger partial charge in [-0.2, -0.15) is 13.5 Å². The van der Waals surface area contributed by atoms with Crippen molar-refractivity contribution in [3.63, 3.8) is 0 Å². The van der Waals surface area contributed by atoms with E-state index in [0.717, 1.165) is 38.9 Å². The van der Waals surface area contributed by atoms with E-state index < -0.39 is 42.9 Å². The van der Waals surface area contributed by atoms with Crippen molar-refractivity contribution in [1.29, 1.82) is 0 Å². The summed E-state index contributed by atoms with van der Waals surface area (Å²) < 4.78 is 56.5. The van der Waals surface area contributed by atoms with Crippen molar-refractivity contribution in [2.45, 2.75) is 91.4 Å². The molecule has 0 bridgehead atoms. The Balaban J connectivity index is 4.85. The summed E-state index contributed by atoms with van der Waals surface area (Å²) in [6, 6.07) is 0. The van der Waals surface area contributed by atoms with Gasteiger partial charge < -0.3 is 0 Å². The van der Waals surface area contributed by atoms with E-state index in [9.17, 15) is 0 Å². The lowest BCUT2D eigenvalue weighted by molar-refractivity contribution is 0.261. The molecular formula is C37H95N16P5. The predicted octanol–water partition coefficient (Wildman–Crippen LogP) is 9.90. The molecule has 0 aliphatic carbocycles. The average molecular weight is 919 g/mol. The van der Waals surface area contributed by atoms with E-state index in [1.54, 1.807) is 0 Å². The molecule has 0 aromatic rings. The highest BCUT2D eigenvalue weighted by Crippen LogP contribution is 2.78. The van der Waals surface area contributed by atoms with Crippen LogP contribution < -0.4 is 0 Å². The van der Waals surface area contributed by atoms with Crippen LogP contribution in [0.5, 0.6) is 0 Å². The van der Waals surface area contributed by atoms with Gasteiger partial charge in [-0.1, -0.05) is 20.8 Å². The summed E-state index contributed by atoms with van der Waals surface area (Å²) in [6.45, 7) is 21.6. The second kappa shape index (κ2) is 21.6. The minimum absolute atomic E-state index is 0.129. The lowest BCUT2D eigenvalue weighted by Crippen LogP contribution is -2.44. The quantitative estimate of drug-likeness (QED) is 0.116. The molecular weight excluding hydrogens is 823 g/mol. The maximum atomic E-state index is 6.20. The summed E-state index contributed by atoms with van der Waals surface area (Å²) in [7, 11) is 27.8. The molecule has 348 valence electrons. The molecule has 58 heavy (non-hydrogen) atoms. The third-order valence-corrected chi connectivity index (χ3v) is 31.7. The van der Waals surface area contributed by atoms with Crippen LogP contribution in [0.15, 0.2) is 23.0 Å². The van der Waals surface area contributed by atoms with Crippen LogP contribution in [0.1, 0.15) is 74.7 Å². The van der Waals surface area contributed by atoms with E-state index in [1.807, 2.05) is 0 Å².